The number of benzene rings is 1. The summed E-state index contributed by atoms with van der Waals surface area (Å²) in [6.07, 6.45) is 2.01. The Hall–Kier alpha value is -2.84. The monoisotopic (exact) mass is 430 g/mol. The molecule has 1 unspecified atom stereocenters. The fourth-order valence-corrected chi connectivity index (χ4v) is 3.69. The topological polar surface area (TPSA) is 84.0 Å². The number of pyridine rings is 1. The first kappa shape index (κ1) is 20.4. The minimum absolute atomic E-state index is 0.118. The zero-order valence-electron chi connectivity index (χ0n) is 16.4. The summed E-state index contributed by atoms with van der Waals surface area (Å²) in [6, 6.07) is 10.3. The number of amides is 3. The molecule has 0 spiro atoms. The van der Waals surface area contributed by atoms with Gasteiger partial charge in [0.1, 0.15) is 11.7 Å². The second kappa shape index (κ2) is 9.32. The number of para-hydroxylation sites is 1. The fraction of sp³-hybridized carbons (Fsp3) is 0.381. The molecule has 3 amide bonds. The van der Waals surface area contributed by atoms with E-state index in [0.717, 1.165) is 0 Å². The Balaban J connectivity index is 1.38. The van der Waals surface area contributed by atoms with Gasteiger partial charge in [0.05, 0.1) is 30.5 Å². The van der Waals surface area contributed by atoms with Gasteiger partial charge in [-0.15, -0.1) is 0 Å². The van der Waals surface area contributed by atoms with E-state index in [0.29, 0.717) is 68.0 Å². The Kier molecular flexibility index (Phi) is 6.35. The maximum absolute atomic E-state index is 12.9. The zero-order valence-corrected chi connectivity index (χ0v) is 17.2. The number of anilines is 1. The van der Waals surface area contributed by atoms with Crippen LogP contribution < -0.4 is 10.1 Å². The van der Waals surface area contributed by atoms with E-state index in [2.05, 4.69) is 10.3 Å². The molecule has 1 aromatic carbocycles. The number of morpholine rings is 1. The molecule has 8 nitrogen and oxygen atoms in total. The summed E-state index contributed by atoms with van der Waals surface area (Å²) in [5.41, 5.74) is 0.995. The Morgan fingerprint density at radius 1 is 1.10 bits per heavy atom. The number of nitrogens with one attached hydrogen (secondary N) is 1. The van der Waals surface area contributed by atoms with Crippen molar-refractivity contribution in [3.05, 3.63) is 53.2 Å². The van der Waals surface area contributed by atoms with Crippen molar-refractivity contribution in [2.75, 3.05) is 44.7 Å². The van der Waals surface area contributed by atoms with Crippen LogP contribution in [0.2, 0.25) is 5.02 Å². The third-order valence-corrected chi connectivity index (χ3v) is 5.46. The van der Waals surface area contributed by atoms with E-state index in [1.165, 1.54) is 0 Å². The van der Waals surface area contributed by atoms with Gasteiger partial charge in [0.2, 0.25) is 5.88 Å². The van der Waals surface area contributed by atoms with Crippen LogP contribution in [0.4, 0.5) is 10.5 Å². The average molecular weight is 431 g/mol. The molecule has 1 aromatic heterocycles. The van der Waals surface area contributed by atoms with Crippen LogP contribution >= 0.6 is 11.6 Å². The van der Waals surface area contributed by atoms with Crippen LogP contribution in [0.3, 0.4) is 0 Å². The van der Waals surface area contributed by atoms with Gasteiger partial charge in [-0.1, -0.05) is 23.7 Å². The summed E-state index contributed by atoms with van der Waals surface area (Å²) in [5, 5.41) is 3.30. The molecule has 2 aromatic rings. The number of rotatable bonds is 4. The predicted octanol–water partition coefficient (Wildman–Crippen LogP) is 2.89. The van der Waals surface area contributed by atoms with Crippen molar-refractivity contribution in [3.8, 4) is 5.88 Å². The molecule has 1 N–H and O–H groups in total. The Morgan fingerprint density at radius 2 is 1.90 bits per heavy atom. The second-order valence-electron chi connectivity index (χ2n) is 7.15. The molecule has 30 heavy (non-hydrogen) atoms. The predicted molar refractivity (Wildman–Crippen MR) is 112 cm³/mol. The number of ether oxygens (including phenoxy) is 2. The van der Waals surface area contributed by atoms with Crippen molar-refractivity contribution in [2.45, 2.75) is 12.5 Å². The lowest BCUT2D eigenvalue weighted by atomic mass is 10.2. The number of urea groups is 1. The van der Waals surface area contributed by atoms with E-state index in [4.69, 9.17) is 21.1 Å². The summed E-state index contributed by atoms with van der Waals surface area (Å²) in [5.74, 6) is 0.181. The van der Waals surface area contributed by atoms with Crippen molar-refractivity contribution >= 4 is 29.2 Å². The van der Waals surface area contributed by atoms with Crippen LogP contribution in [-0.2, 0) is 4.74 Å². The van der Waals surface area contributed by atoms with Gasteiger partial charge in [0, 0.05) is 32.3 Å². The van der Waals surface area contributed by atoms with Gasteiger partial charge in [-0.25, -0.2) is 9.78 Å². The van der Waals surface area contributed by atoms with Crippen LogP contribution in [0, 0.1) is 0 Å². The Morgan fingerprint density at radius 3 is 2.70 bits per heavy atom. The van der Waals surface area contributed by atoms with Crippen molar-refractivity contribution < 1.29 is 19.1 Å². The first-order valence-corrected chi connectivity index (χ1v) is 10.3. The van der Waals surface area contributed by atoms with E-state index in [9.17, 15) is 9.59 Å². The van der Waals surface area contributed by atoms with Crippen LogP contribution in [0.5, 0.6) is 5.88 Å². The van der Waals surface area contributed by atoms with Gasteiger partial charge in [-0.3, -0.25) is 4.79 Å². The molecular formula is C21H23ClN4O4. The molecule has 158 valence electrons. The summed E-state index contributed by atoms with van der Waals surface area (Å²) in [4.78, 5) is 33.1. The number of hydrogen-bond acceptors (Lipinski definition) is 5. The fourth-order valence-electron chi connectivity index (χ4n) is 3.51. The first-order valence-electron chi connectivity index (χ1n) is 9.91. The highest BCUT2D eigenvalue weighted by molar-refractivity contribution is 6.33. The van der Waals surface area contributed by atoms with Gasteiger partial charge in [0.15, 0.2) is 0 Å². The molecule has 4 rings (SSSR count). The van der Waals surface area contributed by atoms with Crippen molar-refractivity contribution in [3.63, 3.8) is 0 Å². The summed E-state index contributed by atoms with van der Waals surface area (Å²) in [6.45, 7) is 3.10. The van der Waals surface area contributed by atoms with Gasteiger partial charge >= 0.3 is 6.03 Å². The smallest absolute Gasteiger partial charge is 0.322 e. The van der Waals surface area contributed by atoms with Crippen molar-refractivity contribution in [2.24, 2.45) is 0 Å². The highest BCUT2D eigenvalue weighted by atomic mass is 35.5. The molecule has 2 fully saturated rings. The molecule has 3 heterocycles. The third-order valence-electron chi connectivity index (χ3n) is 5.13. The number of halogens is 1. The molecule has 0 saturated carbocycles. The van der Waals surface area contributed by atoms with E-state index in [-0.39, 0.29) is 18.0 Å². The molecule has 1 atom stereocenters. The summed E-state index contributed by atoms with van der Waals surface area (Å²) < 4.78 is 11.4. The largest absolute Gasteiger partial charge is 0.472 e. The van der Waals surface area contributed by atoms with Crippen LogP contribution in [-0.4, -0.2) is 72.2 Å². The van der Waals surface area contributed by atoms with Crippen LogP contribution in [0.1, 0.15) is 16.8 Å². The highest BCUT2D eigenvalue weighted by Crippen LogP contribution is 2.24. The van der Waals surface area contributed by atoms with Crippen LogP contribution in [0.15, 0.2) is 42.6 Å². The maximum Gasteiger partial charge on any atom is 0.322 e. The Labute approximate surface area is 179 Å². The number of carbonyl (C=O) groups is 2. The molecule has 0 radical (unpaired) electrons. The molecule has 0 aliphatic carbocycles. The number of aromatic nitrogens is 1. The van der Waals surface area contributed by atoms with Crippen molar-refractivity contribution in [1.82, 2.24) is 14.8 Å². The van der Waals surface area contributed by atoms with E-state index in [1.807, 2.05) is 6.07 Å². The van der Waals surface area contributed by atoms with Gasteiger partial charge in [0.25, 0.3) is 5.91 Å². The quantitative estimate of drug-likeness (QED) is 0.806. The molecular weight excluding hydrogens is 408 g/mol. The lowest BCUT2D eigenvalue weighted by Gasteiger charge is -2.27. The van der Waals surface area contributed by atoms with E-state index >= 15 is 0 Å². The minimum atomic E-state index is -0.242. The lowest BCUT2D eigenvalue weighted by Crippen LogP contribution is -2.41. The first-order chi connectivity index (χ1) is 14.6. The van der Waals surface area contributed by atoms with Gasteiger partial charge in [-0.2, -0.15) is 0 Å². The number of carbonyl (C=O) groups excluding carboxylic acids is 2. The van der Waals surface area contributed by atoms with E-state index in [1.54, 1.807) is 46.3 Å². The van der Waals surface area contributed by atoms with Gasteiger partial charge < -0.3 is 24.6 Å². The minimum Gasteiger partial charge on any atom is -0.472 e. The summed E-state index contributed by atoms with van der Waals surface area (Å²) in [7, 11) is 0. The maximum atomic E-state index is 12.9. The van der Waals surface area contributed by atoms with Crippen LogP contribution in [0.25, 0.3) is 0 Å². The molecule has 2 aliphatic rings. The number of nitrogens with zero attached hydrogens (tertiary/aromatic N) is 3. The average Bonchev–Trinajstić information content (AvgIpc) is 3.24. The molecule has 2 aliphatic heterocycles. The third kappa shape index (κ3) is 4.66. The highest BCUT2D eigenvalue weighted by Gasteiger charge is 2.30. The Bertz CT molecular complexity index is 919. The van der Waals surface area contributed by atoms with Gasteiger partial charge in [-0.05, 0) is 24.3 Å². The zero-order chi connectivity index (χ0) is 20.9. The standard InChI is InChI=1S/C21H23ClN4O4/c22-17-5-1-2-6-18(17)24-21(28)26-9-7-15(14-26)30-19-16(4-3-8-23-19)20(27)25-10-12-29-13-11-25/h1-6,8,15H,7,9-14H2,(H,24,28). The summed E-state index contributed by atoms with van der Waals surface area (Å²) >= 11 is 6.11. The van der Waals surface area contributed by atoms with Crippen molar-refractivity contribution in [1.29, 1.82) is 0 Å². The molecule has 0 bridgehead atoms. The lowest BCUT2D eigenvalue weighted by molar-refractivity contribution is 0.0298. The second-order valence-corrected chi connectivity index (χ2v) is 7.55. The number of likely N-dealkylation sites (tertiary alicyclic amines) is 1. The normalized spacial score (nSPS) is 18.9. The molecule has 2 saturated heterocycles. The van der Waals surface area contributed by atoms with E-state index < -0.39 is 0 Å². The number of hydrogen-bond donors (Lipinski definition) is 1. The molecule has 9 heteroatoms. The SMILES string of the molecule is O=C(Nc1ccccc1Cl)N1CCC(Oc2ncccc2C(=O)N2CCOCC2)C1.